The summed E-state index contributed by atoms with van der Waals surface area (Å²) < 4.78 is 15.1. The summed E-state index contributed by atoms with van der Waals surface area (Å²) >= 11 is 9.25. The van der Waals surface area contributed by atoms with Gasteiger partial charge in [0.25, 0.3) is 0 Å². The molecule has 0 saturated heterocycles. The van der Waals surface area contributed by atoms with Crippen LogP contribution in [0.25, 0.3) is 11.3 Å². The van der Waals surface area contributed by atoms with Crippen LogP contribution in [0.5, 0.6) is 11.6 Å². The average molecular weight is 514 g/mol. The summed E-state index contributed by atoms with van der Waals surface area (Å²) in [6.45, 7) is 2.06. The Bertz CT molecular complexity index is 1330. The molecule has 5 rings (SSSR count). The summed E-state index contributed by atoms with van der Waals surface area (Å²) in [5, 5.41) is 0.166. The van der Waals surface area contributed by atoms with Crippen LogP contribution in [0.3, 0.4) is 0 Å². The number of esters is 1. The van der Waals surface area contributed by atoms with Crippen LogP contribution in [0.15, 0.2) is 83.7 Å². The summed E-state index contributed by atoms with van der Waals surface area (Å²) in [7, 11) is 0. The smallest absolute Gasteiger partial charge is 0.358 e. The Labute approximate surface area is 197 Å². The van der Waals surface area contributed by atoms with Gasteiger partial charge in [-0.25, -0.2) is 9.78 Å². The van der Waals surface area contributed by atoms with Crippen LogP contribution in [-0.2, 0) is 4.74 Å². The Morgan fingerprint density at radius 1 is 1.00 bits per heavy atom. The predicted molar refractivity (Wildman–Crippen MR) is 126 cm³/mol. The van der Waals surface area contributed by atoms with E-state index in [1.54, 1.807) is 29.7 Å². The van der Waals surface area contributed by atoms with E-state index < -0.39 is 5.97 Å². The number of rotatable bonds is 4. The predicted octanol–water partition coefficient (Wildman–Crippen LogP) is 6.05. The number of carbonyl (C=O) groups excluding carboxylic acids is 1. The molecule has 0 aliphatic rings. The number of imidazole rings is 2. The topological polar surface area (TPSA) is 70.1 Å². The summed E-state index contributed by atoms with van der Waals surface area (Å²) in [5.41, 5.74) is 1.78. The van der Waals surface area contributed by atoms with Crippen molar-refractivity contribution in [2.45, 2.75) is 6.92 Å². The molecular formula is C23H18BrClN4O3. The Hall–Kier alpha value is -3.36. The van der Waals surface area contributed by atoms with E-state index in [0.29, 0.717) is 18.1 Å². The van der Waals surface area contributed by atoms with E-state index in [9.17, 15) is 4.79 Å². The van der Waals surface area contributed by atoms with Gasteiger partial charge in [0.05, 0.1) is 12.8 Å². The summed E-state index contributed by atoms with van der Waals surface area (Å²) in [6, 6.07) is 18.9. The van der Waals surface area contributed by atoms with Gasteiger partial charge < -0.3 is 13.9 Å². The minimum atomic E-state index is -0.457. The largest absolute Gasteiger partial charge is 0.461 e. The van der Waals surface area contributed by atoms with E-state index in [0.717, 1.165) is 15.9 Å². The Balaban J connectivity index is 0.000000155. The number of ether oxygens (including phenoxy) is 2. The van der Waals surface area contributed by atoms with Crippen LogP contribution in [0.1, 0.15) is 17.4 Å². The van der Waals surface area contributed by atoms with Gasteiger partial charge in [-0.15, -0.1) is 0 Å². The van der Waals surface area contributed by atoms with Crippen molar-refractivity contribution >= 4 is 44.8 Å². The standard InChI is InChI=1S/C13H9BrN2O.C10H9ClN2O2/c14-10-4-6-11(7-5-10)17-13-9-16-8-2-1-3-12(16)15-13;1-2-15-10(14)8-9(11)12-7-5-3-4-6-13(7)8/h1-9H;3-6H,2H2,1H3. The maximum Gasteiger partial charge on any atom is 0.358 e. The molecule has 4 heterocycles. The lowest BCUT2D eigenvalue weighted by Crippen LogP contribution is -2.08. The van der Waals surface area contributed by atoms with Crippen LogP contribution in [0, 0.1) is 0 Å². The third-order valence-corrected chi connectivity index (χ3v) is 5.13. The molecule has 32 heavy (non-hydrogen) atoms. The van der Waals surface area contributed by atoms with Gasteiger partial charge in [0.2, 0.25) is 5.88 Å². The molecule has 0 amide bonds. The monoisotopic (exact) mass is 512 g/mol. The van der Waals surface area contributed by atoms with E-state index in [2.05, 4.69) is 25.9 Å². The van der Waals surface area contributed by atoms with Crippen molar-refractivity contribution in [3.63, 3.8) is 0 Å². The highest BCUT2D eigenvalue weighted by Crippen LogP contribution is 2.23. The zero-order valence-electron chi connectivity index (χ0n) is 17.0. The molecule has 5 aromatic rings. The zero-order valence-corrected chi connectivity index (χ0v) is 19.3. The molecular weight excluding hydrogens is 496 g/mol. The SMILES string of the molecule is Brc1ccc(Oc2cn3ccccc3n2)cc1.CCOC(=O)c1c(Cl)nc2ccccn12. The highest BCUT2D eigenvalue weighted by atomic mass is 79.9. The normalized spacial score (nSPS) is 10.6. The Morgan fingerprint density at radius 3 is 2.44 bits per heavy atom. The van der Waals surface area contributed by atoms with Crippen LogP contribution >= 0.6 is 27.5 Å². The molecule has 0 fully saturated rings. The third kappa shape index (κ3) is 4.92. The fourth-order valence-corrected chi connectivity index (χ4v) is 3.45. The lowest BCUT2D eigenvalue weighted by Gasteiger charge is -2.01. The number of hydrogen-bond acceptors (Lipinski definition) is 5. The van der Waals surface area contributed by atoms with Gasteiger partial charge >= 0.3 is 5.97 Å². The first-order valence-corrected chi connectivity index (χ1v) is 10.9. The fourth-order valence-electron chi connectivity index (χ4n) is 2.93. The summed E-state index contributed by atoms with van der Waals surface area (Å²) in [6.07, 6.45) is 5.52. The van der Waals surface area contributed by atoms with Gasteiger partial charge in [-0.3, -0.25) is 4.40 Å². The second kappa shape index (κ2) is 9.84. The second-order valence-electron chi connectivity index (χ2n) is 6.50. The van der Waals surface area contributed by atoms with E-state index >= 15 is 0 Å². The first kappa shape index (κ1) is 21.9. The van der Waals surface area contributed by atoms with Gasteiger partial charge in [0, 0.05) is 16.9 Å². The number of hydrogen-bond donors (Lipinski definition) is 0. The number of aromatic nitrogens is 4. The second-order valence-corrected chi connectivity index (χ2v) is 7.78. The lowest BCUT2D eigenvalue weighted by molar-refractivity contribution is 0.0518. The van der Waals surface area contributed by atoms with Crippen molar-refractivity contribution in [2.24, 2.45) is 0 Å². The fraction of sp³-hybridized carbons (Fsp3) is 0.0870. The molecule has 7 nitrogen and oxygen atoms in total. The van der Waals surface area contributed by atoms with Crippen LogP contribution < -0.4 is 4.74 Å². The molecule has 0 aliphatic carbocycles. The third-order valence-electron chi connectivity index (χ3n) is 4.33. The van der Waals surface area contributed by atoms with Crippen LogP contribution in [0.4, 0.5) is 0 Å². The van der Waals surface area contributed by atoms with E-state index in [1.165, 1.54) is 0 Å². The molecule has 0 atom stereocenters. The molecule has 0 unspecified atom stereocenters. The van der Waals surface area contributed by atoms with Gasteiger partial charge in [-0.05, 0) is 55.5 Å². The molecule has 9 heteroatoms. The van der Waals surface area contributed by atoms with Crippen LogP contribution in [0.2, 0.25) is 5.15 Å². The number of halogens is 2. The van der Waals surface area contributed by atoms with Crippen molar-refractivity contribution in [3.8, 4) is 11.6 Å². The molecule has 0 aliphatic heterocycles. The van der Waals surface area contributed by atoms with Crippen molar-refractivity contribution in [2.75, 3.05) is 6.61 Å². The average Bonchev–Trinajstić information content (AvgIpc) is 3.35. The first-order chi connectivity index (χ1) is 15.5. The highest BCUT2D eigenvalue weighted by Gasteiger charge is 2.18. The van der Waals surface area contributed by atoms with Gasteiger partial charge in [0.15, 0.2) is 10.8 Å². The van der Waals surface area contributed by atoms with Crippen molar-refractivity contribution in [1.29, 1.82) is 0 Å². The number of pyridine rings is 2. The number of benzene rings is 1. The summed E-state index contributed by atoms with van der Waals surface area (Å²) in [4.78, 5) is 20.0. The van der Waals surface area contributed by atoms with E-state index in [-0.39, 0.29) is 10.8 Å². The molecule has 0 N–H and O–H groups in total. The van der Waals surface area contributed by atoms with Crippen molar-refractivity contribution < 1.29 is 14.3 Å². The summed E-state index contributed by atoms with van der Waals surface area (Å²) in [5.74, 6) is 0.913. The van der Waals surface area contributed by atoms with E-state index in [4.69, 9.17) is 21.1 Å². The van der Waals surface area contributed by atoms with E-state index in [1.807, 2.05) is 65.3 Å². The maximum absolute atomic E-state index is 11.6. The molecule has 0 bridgehead atoms. The number of nitrogens with zero attached hydrogens (tertiary/aromatic N) is 4. The maximum atomic E-state index is 11.6. The number of carbonyl (C=O) groups is 1. The molecule has 4 aromatic heterocycles. The Kier molecular flexibility index (Phi) is 6.72. The minimum absolute atomic E-state index is 0.166. The number of fused-ring (bicyclic) bond motifs is 2. The first-order valence-electron chi connectivity index (χ1n) is 9.72. The van der Waals surface area contributed by atoms with Crippen molar-refractivity contribution in [1.82, 2.24) is 18.8 Å². The molecule has 0 spiro atoms. The molecule has 0 radical (unpaired) electrons. The lowest BCUT2D eigenvalue weighted by atomic mass is 10.3. The van der Waals surface area contributed by atoms with Crippen molar-refractivity contribution in [3.05, 3.63) is 94.6 Å². The Morgan fingerprint density at radius 2 is 1.72 bits per heavy atom. The van der Waals surface area contributed by atoms with Gasteiger partial charge in [0.1, 0.15) is 17.0 Å². The molecule has 0 saturated carbocycles. The molecule has 1 aromatic carbocycles. The quantitative estimate of drug-likeness (QED) is 0.274. The van der Waals surface area contributed by atoms with Gasteiger partial charge in [-0.1, -0.05) is 39.7 Å². The van der Waals surface area contributed by atoms with Crippen LogP contribution in [-0.4, -0.2) is 31.3 Å². The highest BCUT2D eigenvalue weighted by molar-refractivity contribution is 9.10. The van der Waals surface area contributed by atoms with Gasteiger partial charge in [-0.2, -0.15) is 4.98 Å². The zero-order chi connectivity index (χ0) is 22.5. The minimum Gasteiger partial charge on any atom is -0.461 e. The molecule has 162 valence electrons.